The molecule has 0 aliphatic carbocycles. The monoisotopic (exact) mass is 344 g/mol. The molecule has 0 saturated carbocycles. The Kier molecular flexibility index (Phi) is 4.87. The van der Waals surface area contributed by atoms with Crippen LogP contribution >= 0.6 is 27.5 Å². The number of carbonyl (C=O) groups is 1. The van der Waals surface area contributed by atoms with E-state index in [1.165, 1.54) is 0 Å². The number of hydrogen-bond donors (Lipinski definition) is 2. The number of hydrogen-bond acceptors (Lipinski definition) is 2. The summed E-state index contributed by atoms with van der Waals surface area (Å²) in [6, 6.07) is 5.44. The van der Waals surface area contributed by atoms with Crippen molar-refractivity contribution in [2.45, 2.75) is 26.2 Å². The van der Waals surface area contributed by atoms with Gasteiger partial charge in [0.15, 0.2) is 0 Å². The summed E-state index contributed by atoms with van der Waals surface area (Å²) in [7, 11) is 0. The predicted octanol–water partition coefficient (Wildman–Crippen LogP) is 3.82. The van der Waals surface area contributed by atoms with Crippen molar-refractivity contribution in [2.24, 2.45) is 5.41 Å². The number of carbonyl (C=O) groups excluding carboxylic acids is 1. The SMILES string of the molecule is CCCC1(C(=O)Nc2ccc(Cl)c(Br)c2)CCNC1. The maximum absolute atomic E-state index is 12.5. The summed E-state index contributed by atoms with van der Waals surface area (Å²) < 4.78 is 0.793. The second-order valence-electron chi connectivity index (χ2n) is 5.04. The molecule has 5 heteroatoms. The van der Waals surface area contributed by atoms with Gasteiger partial charge in [-0.3, -0.25) is 4.79 Å². The molecule has 0 radical (unpaired) electrons. The van der Waals surface area contributed by atoms with Crippen LogP contribution in [0.15, 0.2) is 22.7 Å². The van der Waals surface area contributed by atoms with Gasteiger partial charge in [-0.15, -0.1) is 0 Å². The predicted molar refractivity (Wildman–Crippen MR) is 82.6 cm³/mol. The van der Waals surface area contributed by atoms with Crippen molar-refractivity contribution in [1.82, 2.24) is 5.32 Å². The lowest BCUT2D eigenvalue weighted by Crippen LogP contribution is -2.38. The lowest BCUT2D eigenvalue weighted by atomic mass is 9.81. The first-order chi connectivity index (χ1) is 9.07. The van der Waals surface area contributed by atoms with Crippen LogP contribution in [-0.2, 0) is 4.79 Å². The van der Waals surface area contributed by atoms with Gasteiger partial charge in [0.1, 0.15) is 0 Å². The van der Waals surface area contributed by atoms with Gasteiger partial charge in [0, 0.05) is 16.7 Å². The first-order valence-electron chi connectivity index (χ1n) is 6.54. The lowest BCUT2D eigenvalue weighted by molar-refractivity contribution is -0.125. The first kappa shape index (κ1) is 14.8. The average Bonchev–Trinajstić information content (AvgIpc) is 2.84. The molecule has 2 N–H and O–H groups in total. The van der Waals surface area contributed by atoms with Crippen molar-refractivity contribution in [1.29, 1.82) is 0 Å². The fourth-order valence-corrected chi connectivity index (χ4v) is 3.08. The largest absolute Gasteiger partial charge is 0.326 e. The van der Waals surface area contributed by atoms with Crippen LogP contribution in [0.25, 0.3) is 0 Å². The Labute approximate surface area is 127 Å². The summed E-state index contributed by atoms with van der Waals surface area (Å²) in [5, 5.41) is 6.95. The Morgan fingerprint density at radius 1 is 1.58 bits per heavy atom. The van der Waals surface area contributed by atoms with Gasteiger partial charge in [0.2, 0.25) is 5.91 Å². The smallest absolute Gasteiger partial charge is 0.231 e. The van der Waals surface area contributed by atoms with Gasteiger partial charge < -0.3 is 10.6 Å². The van der Waals surface area contributed by atoms with E-state index in [1.54, 1.807) is 6.07 Å². The molecule has 1 heterocycles. The second-order valence-corrected chi connectivity index (χ2v) is 6.30. The van der Waals surface area contributed by atoms with E-state index in [0.717, 1.165) is 42.5 Å². The molecule has 1 aromatic carbocycles. The molecule has 1 aliphatic rings. The minimum absolute atomic E-state index is 0.105. The molecule has 1 unspecified atom stereocenters. The van der Waals surface area contributed by atoms with Crippen LogP contribution in [0, 0.1) is 5.41 Å². The summed E-state index contributed by atoms with van der Waals surface area (Å²) in [6.45, 7) is 3.80. The molecule has 1 amide bonds. The molecule has 0 bridgehead atoms. The third-order valence-electron chi connectivity index (χ3n) is 3.63. The molecule has 104 valence electrons. The number of nitrogens with one attached hydrogen (secondary N) is 2. The van der Waals surface area contributed by atoms with Crippen molar-refractivity contribution in [3.05, 3.63) is 27.7 Å². The van der Waals surface area contributed by atoms with Crippen LogP contribution in [0.3, 0.4) is 0 Å². The molecule has 2 rings (SSSR count). The zero-order chi connectivity index (χ0) is 13.9. The van der Waals surface area contributed by atoms with Gasteiger partial charge in [0.25, 0.3) is 0 Å². The zero-order valence-corrected chi connectivity index (χ0v) is 13.3. The molecule has 0 spiro atoms. The molecule has 1 fully saturated rings. The van der Waals surface area contributed by atoms with Crippen LogP contribution in [0.2, 0.25) is 5.02 Å². The standard InChI is InChI=1S/C14H18BrClN2O/c1-2-5-14(6-7-17-9-14)13(19)18-10-3-4-12(16)11(15)8-10/h3-4,8,17H,2,5-7,9H2,1H3,(H,18,19). The Morgan fingerprint density at radius 3 is 2.95 bits per heavy atom. The van der Waals surface area contributed by atoms with Gasteiger partial charge in [-0.05, 0) is 53.5 Å². The Balaban J connectivity index is 2.12. The van der Waals surface area contributed by atoms with Crippen LogP contribution in [0.4, 0.5) is 5.69 Å². The molecule has 19 heavy (non-hydrogen) atoms. The third kappa shape index (κ3) is 3.30. The fourth-order valence-electron chi connectivity index (χ4n) is 2.58. The Bertz CT molecular complexity index is 473. The molecule has 3 nitrogen and oxygen atoms in total. The highest BCUT2D eigenvalue weighted by Gasteiger charge is 2.40. The molecule has 0 aromatic heterocycles. The van der Waals surface area contributed by atoms with Gasteiger partial charge in [0.05, 0.1) is 10.4 Å². The summed E-state index contributed by atoms with van der Waals surface area (Å²) in [6.07, 6.45) is 2.83. The van der Waals surface area contributed by atoms with Crippen molar-refractivity contribution in [3.8, 4) is 0 Å². The van der Waals surface area contributed by atoms with Crippen LogP contribution in [-0.4, -0.2) is 19.0 Å². The molecule has 1 atom stereocenters. The number of benzene rings is 1. The summed E-state index contributed by atoms with van der Waals surface area (Å²) in [4.78, 5) is 12.5. The topological polar surface area (TPSA) is 41.1 Å². The van der Waals surface area contributed by atoms with E-state index < -0.39 is 0 Å². The van der Waals surface area contributed by atoms with Gasteiger partial charge in [-0.1, -0.05) is 24.9 Å². The molecule has 1 saturated heterocycles. The van der Waals surface area contributed by atoms with Gasteiger partial charge in [-0.2, -0.15) is 0 Å². The van der Waals surface area contributed by atoms with E-state index in [1.807, 2.05) is 12.1 Å². The van der Waals surface area contributed by atoms with E-state index in [4.69, 9.17) is 11.6 Å². The first-order valence-corrected chi connectivity index (χ1v) is 7.72. The van der Waals surface area contributed by atoms with Crippen LogP contribution in [0.5, 0.6) is 0 Å². The number of amides is 1. The molecular formula is C14H18BrClN2O. The average molecular weight is 346 g/mol. The third-order valence-corrected chi connectivity index (χ3v) is 4.85. The highest BCUT2D eigenvalue weighted by Crippen LogP contribution is 2.33. The number of rotatable bonds is 4. The number of halogens is 2. The quantitative estimate of drug-likeness (QED) is 0.871. The zero-order valence-electron chi connectivity index (χ0n) is 10.9. The summed E-state index contributed by atoms with van der Waals surface area (Å²) in [5.41, 5.74) is 0.518. The van der Waals surface area contributed by atoms with E-state index in [9.17, 15) is 4.79 Å². The van der Waals surface area contributed by atoms with Crippen molar-refractivity contribution < 1.29 is 4.79 Å². The van der Waals surface area contributed by atoms with E-state index in [0.29, 0.717) is 5.02 Å². The van der Waals surface area contributed by atoms with Crippen molar-refractivity contribution in [3.63, 3.8) is 0 Å². The maximum Gasteiger partial charge on any atom is 0.231 e. The minimum Gasteiger partial charge on any atom is -0.326 e. The van der Waals surface area contributed by atoms with Crippen molar-refractivity contribution >= 4 is 39.1 Å². The molecule has 1 aromatic rings. The van der Waals surface area contributed by atoms with Crippen LogP contribution < -0.4 is 10.6 Å². The summed E-state index contributed by atoms with van der Waals surface area (Å²) >= 11 is 9.32. The number of anilines is 1. The Morgan fingerprint density at radius 2 is 2.37 bits per heavy atom. The van der Waals surface area contributed by atoms with Gasteiger partial charge in [-0.25, -0.2) is 0 Å². The van der Waals surface area contributed by atoms with Crippen molar-refractivity contribution in [2.75, 3.05) is 18.4 Å². The summed E-state index contributed by atoms with van der Waals surface area (Å²) in [5.74, 6) is 0.105. The molecule has 1 aliphatic heterocycles. The highest BCUT2D eigenvalue weighted by molar-refractivity contribution is 9.10. The van der Waals surface area contributed by atoms with E-state index in [-0.39, 0.29) is 11.3 Å². The normalized spacial score (nSPS) is 22.5. The van der Waals surface area contributed by atoms with E-state index in [2.05, 4.69) is 33.5 Å². The van der Waals surface area contributed by atoms with Crippen LogP contribution in [0.1, 0.15) is 26.2 Å². The lowest BCUT2D eigenvalue weighted by Gasteiger charge is -2.26. The van der Waals surface area contributed by atoms with E-state index >= 15 is 0 Å². The van der Waals surface area contributed by atoms with Gasteiger partial charge >= 0.3 is 0 Å². The minimum atomic E-state index is -0.263. The maximum atomic E-state index is 12.5. The fraction of sp³-hybridized carbons (Fsp3) is 0.500. The second kappa shape index (κ2) is 6.25. The highest BCUT2D eigenvalue weighted by atomic mass is 79.9. The Hall–Kier alpha value is -0.580. The molecular weight excluding hydrogens is 328 g/mol.